The zero-order chi connectivity index (χ0) is 36.0. The maximum absolute atomic E-state index is 13.5. The predicted molar refractivity (Wildman–Crippen MR) is 168 cm³/mol. The number of imide groups is 1. The molecule has 0 spiro atoms. The van der Waals surface area contributed by atoms with Gasteiger partial charge in [0.05, 0.1) is 0 Å². The van der Waals surface area contributed by atoms with E-state index in [0.29, 0.717) is 30.7 Å². The second-order valence-corrected chi connectivity index (χ2v) is 14.1. The second-order valence-electron chi connectivity index (χ2n) is 14.1. The lowest BCUT2D eigenvalue weighted by atomic mass is 10.1. The Morgan fingerprint density at radius 3 is 1.45 bits per heavy atom. The van der Waals surface area contributed by atoms with E-state index in [-0.39, 0.29) is 38.8 Å². The van der Waals surface area contributed by atoms with Crippen molar-refractivity contribution >= 4 is 42.0 Å². The minimum Gasteiger partial charge on any atom is -0.444 e. The molecular weight excluding hydrogens is 618 g/mol. The van der Waals surface area contributed by atoms with Crippen molar-refractivity contribution in [2.45, 2.75) is 143 Å². The summed E-state index contributed by atoms with van der Waals surface area (Å²) in [6.07, 6.45) is -0.592. The Bertz CT molecular complexity index is 1110. The number of hydrogen-bond donors (Lipinski definition) is 4. The highest BCUT2D eigenvalue weighted by molar-refractivity contribution is 6.02. The first kappa shape index (κ1) is 40.9. The van der Waals surface area contributed by atoms with Gasteiger partial charge in [0.15, 0.2) is 0 Å². The summed E-state index contributed by atoms with van der Waals surface area (Å²) in [7, 11) is 0. The van der Waals surface area contributed by atoms with Gasteiger partial charge < -0.3 is 40.3 Å². The number of nitrogens with one attached hydrogen (secondary N) is 4. The Balaban J connectivity index is 2.94. The summed E-state index contributed by atoms with van der Waals surface area (Å²) in [5.41, 5.74) is -2.19. The zero-order valence-corrected chi connectivity index (χ0v) is 29.2. The number of hydroxylamine groups is 2. The van der Waals surface area contributed by atoms with Crippen LogP contribution >= 0.6 is 0 Å². The van der Waals surface area contributed by atoms with Crippen LogP contribution in [0.25, 0.3) is 0 Å². The highest BCUT2D eigenvalue weighted by atomic mass is 16.7. The van der Waals surface area contributed by atoms with Crippen LogP contribution in [0.15, 0.2) is 0 Å². The van der Waals surface area contributed by atoms with Crippen LogP contribution in [0.5, 0.6) is 0 Å². The normalized spacial score (nSPS) is 14.9. The van der Waals surface area contributed by atoms with Crippen molar-refractivity contribution in [3.05, 3.63) is 0 Å². The van der Waals surface area contributed by atoms with Crippen LogP contribution in [0.2, 0.25) is 0 Å². The zero-order valence-electron chi connectivity index (χ0n) is 29.2. The van der Waals surface area contributed by atoms with E-state index < -0.39 is 70.9 Å². The molecule has 0 bridgehead atoms. The van der Waals surface area contributed by atoms with E-state index in [1.807, 2.05) is 0 Å². The third kappa shape index (κ3) is 18.6. The van der Waals surface area contributed by atoms with Crippen molar-refractivity contribution in [2.24, 2.45) is 0 Å². The fraction of sp³-hybridized carbons (Fsp3) is 0.774. The molecule has 16 nitrogen and oxygen atoms in total. The van der Waals surface area contributed by atoms with Gasteiger partial charge in [0, 0.05) is 25.9 Å². The standard InChI is InChI=1S/C31H53N5O11/c1-29(2,3)44-26(41)32-18-12-10-14-20(35-28(43)46-31(7,8)9)24(39)34-21(25(40)47-36-22(37)16-17-23(36)38)15-11-13-19-33-27(42)45-30(4,5)6/h20-21H,10-19H2,1-9H3,(H,32,41)(H,33,42)(H,34,39)(H,35,43)/t20-,21+/m0/s1. The van der Waals surface area contributed by atoms with Crippen LogP contribution in [-0.4, -0.2) is 89.0 Å². The van der Waals surface area contributed by atoms with E-state index in [2.05, 4.69) is 21.3 Å². The molecule has 1 heterocycles. The average Bonchev–Trinajstić information content (AvgIpc) is 3.20. The highest BCUT2D eigenvalue weighted by Gasteiger charge is 2.36. The summed E-state index contributed by atoms with van der Waals surface area (Å²) in [5, 5.41) is 10.7. The number of carbonyl (C=O) groups excluding carboxylic acids is 7. The van der Waals surface area contributed by atoms with E-state index in [0.717, 1.165) is 0 Å². The van der Waals surface area contributed by atoms with Gasteiger partial charge in [-0.15, -0.1) is 5.06 Å². The first-order chi connectivity index (χ1) is 21.6. The lowest BCUT2D eigenvalue weighted by Crippen LogP contribution is -2.53. The summed E-state index contributed by atoms with van der Waals surface area (Å²) >= 11 is 0. The van der Waals surface area contributed by atoms with Gasteiger partial charge in [-0.25, -0.2) is 19.2 Å². The topological polar surface area (TPSA) is 208 Å². The second kappa shape index (κ2) is 18.3. The van der Waals surface area contributed by atoms with Gasteiger partial charge in [0.1, 0.15) is 28.9 Å². The number of amides is 6. The molecule has 4 N–H and O–H groups in total. The monoisotopic (exact) mass is 671 g/mol. The summed E-state index contributed by atoms with van der Waals surface area (Å²) < 4.78 is 15.7. The molecule has 0 radical (unpaired) electrons. The Morgan fingerprint density at radius 1 is 0.617 bits per heavy atom. The molecule has 0 unspecified atom stereocenters. The van der Waals surface area contributed by atoms with E-state index >= 15 is 0 Å². The lowest BCUT2D eigenvalue weighted by molar-refractivity contribution is -0.199. The number of unbranched alkanes of at least 4 members (excludes halogenated alkanes) is 2. The predicted octanol–water partition coefficient (Wildman–Crippen LogP) is 3.36. The van der Waals surface area contributed by atoms with E-state index in [1.165, 1.54) is 0 Å². The van der Waals surface area contributed by atoms with E-state index in [9.17, 15) is 33.6 Å². The van der Waals surface area contributed by atoms with Gasteiger partial charge in [-0.2, -0.15) is 0 Å². The van der Waals surface area contributed by atoms with Gasteiger partial charge in [0.25, 0.3) is 11.8 Å². The highest BCUT2D eigenvalue weighted by Crippen LogP contribution is 2.15. The van der Waals surface area contributed by atoms with Crippen LogP contribution in [0.1, 0.15) is 114 Å². The number of alkyl carbamates (subject to hydrolysis) is 3. The molecule has 0 aromatic carbocycles. The van der Waals surface area contributed by atoms with Crippen molar-refractivity contribution < 1.29 is 52.6 Å². The van der Waals surface area contributed by atoms with Gasteiger partial charge >= 0.3 is 24.2 Å². The number of hydrogen-bond acceptors (Lipinski definition) is 11. The molecule has 1 aliphatic rings. The molecule has 0 aromatic rings. The molecule has 16 heteroatoms. The smallest absolute Gasteiger partial charge is 0.408 e. The quantitative estimate of drug-likeness (QED) is 0.113. The molecule has 1 rings (SSSR count). The average molecular weight is 672 g/mol. The molecule has 2 atom stereocenters. The maximum atomic E-state index is 13.5. The molecule has 1 aliphatic heterocycles. The molecule has 0 aromatic heterocycles. The molecule has 6 amide bonds. The summed E-state index contributed by atoms with van der Waals surface area (Å²) in [4.78, 5) is 92.2. The first-order valence-electron chi connectivity index (χ1n) is 15.9. The summed E-state index contributed by atoms with van der Waals surface area (Å²) in [6, 6.07) is -2.45. The Kier molecular flexibility index (Phi) is 15.9. The van der Waals surface area contributed by atoms with Gasteiger partial charge in [-0.05, 0) is 101 Å². The molecular formula is C31H53N5O11. The fourth-order valence-electron chi connectivity index (χ4n) is 4.01. The van der Waals surface area contributed by atoms with Crippen molar-refractivity contribution in [3.8, 4) is 0 Å². The fourth-order valence-corrected chi connectivity index (χ4v) is 4.01. The minimum absolute atomic E-state index is 0.0236. The van der Waals surface area contributed by atoms with Crippen LogP contribution in [-0.2, 0) is 38.2 Å². The molecule has 0 saturated carbocycles. The third-order valence-corrected chi connectivity index (χ3v) is 5.97. The summed E-state index contributed by atoms with van der Waals surface area (Å²) in [5.74, 6) is -3.14. The Labute approximate surface area is 276 Å². The number of rotatable bonds is 15. The summed E-state index contributed by atoms with van der Waals surface area (Å²) in [6.45, 7) is 15.9. The third-order valence-electron chi connectivity index (χ3n) is 5.97. The molecule has 268 valence electrons. The molecule has 1 saturated heterocycles. The first-order valence-corrected chi connectivity index (χ1v) is 15.9. The largest absolute Gasteiger partial charge is 0.444 e. The minimum atomic E-state index is -1.30. The van der Waals surface area contributed by atoms with Crippen LogP contribution in [0.4, 0.5) is 14.4 Å². The van der Waals surface area contributed by atoms with Crippen LogP contribution < -0.4 is 21.3 Å². The number of ether oxygens (including phenoxy) is 3. The Hall–Kier alpha value is -4.11. The molecule has 47 heavy (non-hydrogen) atoms. The number of carbonyl (C=O) groups is 7. The van der Waals surface area contributed by atoms with Crippen molar-refractivity contribution in [2.75, 3.05) is 13.1 Å². The molecule has 1 fully saturated rings. The van der Waals surface area contributed by atoms with E-state index in [1.54, 1.807) is 62.3 Å². The number of nitrogens with zero attached hydrogens (tertiary/aromatic N) is 1. The van der Waals surface area contributed by atoms with Gasteiger partial charge in [-0.1, -0.05) is 0 Å². The van der Waals surface area contributed by atoms with Crippen molar-refractivity contribution in [1.82, 2.24) is 26.3 Å². The molecule has 0 aliphatic carbocycles. The van der Waals surface area contributed by atoms with Gasteiger partial charge in [-0.3, -0.25) is 14.4 Å². The van der Waals surface area contributed by atoms with Crippen LogP contribution in [0.3, 0.4) is 0 Å². The van der Waals surface area contributed by atoms with Gasteiger partial charge in [0.2, 0.25) is 5.91 Å². The Morgan fingerprint density at radius 2 is 1.02 bits per heavy atom. The van der Waals surface area contributed by atoms with Crippen molar-refractivity contribution in [1.29, 1.82) is 0 Å². The van der Waals surface area contributed by atoms with E-state index in [4.69, 9.17) is 19.0 Å². The SMILES string of the molecule is CC(C)(C)OC(=O)NCCCC[C@H](NC(=O)OC(C)(C)C)C(=O)N[C@H](CCCCNC(=O)OC(C)(C)C)C(=O)ON1C(=O)CCC1=O. The maximum Gasteiger partial charge on any atom is 0.408 e. The van der Waals surface area contributed by atoms with Crippen molar-refractivity contribution in [3.63, 3.8) is 0 Å². The van der Waals surface area contributed by atoms with Crippen LogP contribution in [0, 0.1) is 0 Å². The lowest BCUT2D eigenvalue weighted by Gasteiger charge is -2.25.